The minimum Gasteiger partial charge on any atom is -0.262 e. The number of aromatic nitrogens is 3. The zero-order valence-corrected chi connectivity index (χ0v) is 9.50. The second-order valence-corrected chi connectivity index (χ2v) is 5.08. The van der Waals surface area contributed by atoms with E-state index in [9.17, 15) is 8.42 Å². The summed E-state index contributed by atoms with van der Waals surface area (Å²) in [4.78, 5) is 3.79. The van der Waals surface area contributed by atoms with Crippen LogP contribution in [0.1, 0.15) is 19.7 Å². The summed E-state index contributed by atoms with van der Waals surface area (Å²) in [7, 11) is -3.44. The molecule has 86 valence electrons. The minimum absolute atomic E-state index is 0.105. The van der Waals surface area contributed by atoms with E-state index in [1.807, 2.05) is 13.8 Å². The molecule has 1 aromatic rings. The maximum absolute atomic E-state index is 11.3. The summed E-state index contributed by atoms with van der Waals surface area (Å²) in [5, 5.41) is 6.16. The summed E-state index contributed by atoms with van der Waals surface area (Å²) in [6, 6.07) is 0. The van der Waals surface area contributed by atoms with Gasteiger partial charge in [-0.25, -0.2) is 9.71 Å². The Kier molecular flexibility index (Phi) is 4.18. The van der Waals surface area contributed by atoms with E-state index in [2.05, 4.69) is 24.6 Å². The van der Waals surface area contributed by atoms with Crippen LogP contribution in [-0.2, 0) is 16.8 Å². The van der Waals surface area contributed by atoms with E-state index in [1.54, 1.807) is 0 Å². The van der Waals surface area contributed by atoms with Gasteiger partial charge in [-0.1, -0.05) is 13.8 Å². The molecule has 7 nitrogen and oxygen atoms in total. The predicted octanol–water partition coefficient (Wildman–Crippen LogP) is -0.615. The van der Waals surface area contributed by atoms with E-state index >= 15 is 0 Å². The number of hydrogen-bond acceptors (Lipinski definition) is 4. The second-order valence-electron chi connectivity index (χ2n) is 3.50. The Morgan fingerprint density at radius 2 is 2.20 bits per heavy atom. The first-order valence-electron chi connectivity index (χ1n) is 4.58. The van der Waals surface area contributed by atoms with Crippen LogP contribution in [0.3, 0.4) is 0 Å². The van der Waals surface area contributed by atoms with Crippen molar-refractivity contribution < 1.29 is 8.42 Å². The maximum Gasteiger partial charge on any atom is 0.277 e. The van der Waals surface area contributed by atoms with Crippen LogP contribution in [0, 0.1) is 5.92 Å². The van der Waals surface area contributed by atoms with Crippen LogP contribution in [-0.4, -0.2) is 30.1 Å². The molecule has 0 saturated heterocycles. The molecular formula is C7H15N5O2S. The molecule has 0 amide bonds. The van der Waals surface area contributed by atoms with Crippen LogP contribution in [0.2, 0.25) is 0 Å². The van der Waals surface area contributed by atoms with Gasteiger partial charge >= 0.3 is 0 Å². The number of H-pyrrole nitrogens is 1. The van der Waals surface area contributed by atoms with Crippen molar-refractivity contribution in [3.05, 3.63) is 12.2 Å². The van der Waals surface area contributed by atoms with Gasteiger partial charge in [0.05, 0.1) is 6.54 Å². The molecule has 1 heterocycles. The molecule has 8 heteroatoms. The molecule has 0 unspecified atom stereocenters. The van der Waals surface area contributed by atoms with Gasteiger partial charge in [0.1, 0.15) is 12.2 Å². The zero-order chi connectivity index (χ0) is 11.3. The van der Waals surface area contributed by atoms with Crippen LogP contribution in [0.5, 0.6) is 0 Å². The molecular weight excluding hydrogens is 218 g/mol. The fraction of sp³-hybridized carbons (Fsp3) is 0.714. The van der Waals surface area contributed by atoms with Crippen LogP contribution < -0.4 is 9.44 Å². The first-order valence-corrected chi connectivity index (χ1v) is 6.06. The average Bonchev–Trinajstić information content (AvgIpc) is 2.65. The topological polar surface area (TPSA) is 99.8 Å². The van der Waals surface area contributed by atoms with E-state index in [4.69, 9.17) is 0 Å². The summed E-state index contributed by atoms with van der Waals surface area (Å²) in [5.74, 6) is 0.747. The fourth-order valence-corrected chi connectivity index (χ4v) is 1.79. The second kappa shape index (κ2) is 5.19. The number of nitrogens with zero attached hydrogens (tertiary/aromatic N) is 2. The number of hydrogen-bond donors (Lipinski definition) is 3. The third-order valence-electron chi connectivity index (χ3n) is 1.58. The Bertz CT molecular complexity index is 372. The SMILES string of the molecule is CC(C)CNS(=O)(=O)NCc1ncn[nH]1. The molecule has 0 aliphatic rings. The quantitative estimate of drug-likeness (QED) is 0.610. The van der Waals surface area contributed by atoms with Crippen LogP contribution in [0.4, 0.5) is 0 Å². The maximum atomic E-state index is 11.3. The van der Waals surface area contributed by atoms with E-state index in [1.165, 1.54) is 6.33 Å². The van der Waals surface area contributed by atoms with Gasteiger partial charge in [0.15, 0.2) is 0 Å². The average molecular weight is 233 g/mol. The highest BCUT2D eigenvalue weighted by Crippen LogP contribution is 1.90. The van der Waals surface area contributed by atoms with Gasteiger partial charge in [-0.05, 0) is 5.92 Å². The Labute approximate surface area is 88.9 Å². The number of rotatable bonds is 6. The number of aromatic amines is 1. The van der Waals surface area contributed by atoms with Crippen LogP contribution in [0.15, 0.2) is 6.33 Å². The molecule has 0 aliphatic heterocycles. The third kappa shape index (κ3) is 4.86. The lowest BCUT2D eigenvalue weighted by molar-refractivity contribution is 0.545. The molecule has 0 fully saturated rings. The molecule has 0 spiro atoms. The smallest absolute Gasteiger partial charge is 0.262 e. The molecule has 3 N–H and O–H groups in total. The van der Waals surface area contributed by atoms with Crippen molar-refractivity contribution in [1.82, 2.24) is 24.6 Å². The highest BCUT2D eigenvalue weighted by molar-refractivity contribution is 7.87. The first kappa shape index (κ1) is 12.1. The van der Waals surface area contributed by atoms with Crippen molar-refractivity contribution in [2.24, 2.45) is 5.92 Å². The summed E-state index contributed by atoms with van der Waals surface area (Å²) in [5.41, 5.74) is 0. The molecule has 0 bridgehead atoms. The Hall–Kier alpha value is -0.990. The van der Waals surface area contributed by atoms with Gasteiger partial charge in [0.25, 0.3) is 10.2 Å². The van der Waals surface area contributed by atoms with Crippen molar-refractivity contribution in [2.75, 3.05) is 6.54 Å². The van der Waals surface area contributed by atoms with Crippen molar-refractivity contribution in [1.29, 1.82) is 0 Å². The molecule has 0 aromatic carbocycles. The highest BCUT2D eigenvalue weighted by Gasteiger charge is 2.09. The Morgan fingerprint density at radius 1 is 1.47 bits per heavy atom. The summed E-state index contributed by atoms with van der Waals surface area (Å²) in [6.07, 6.45) is 1.32. The largest absolute Gasteiger partial charge is 0.277 e. The normalized spacial score (nSPS) is 12.2. The van der Waals surface area contributed by atoms with Gasteiger partial charge < -0.3 is 0 Å². The zero-order valence-electron chi connectivity index (χ0n) is 8.69. The van der Waals surface area contributed by atoms with Crippen molar-refractivity contribution >= 4 is 10.2 Å². The standard InChI is InChI=1S/C7H15N5O2S/c1-6(2)3-10-15(13,14)11-4-7-8-5-9-12-7/h5-6,10-11H,3-4H2,1-2H3,(H,8,9,12). The van der Waals surface area contributed by atoms with Gasteiger partial charge in [-0.15, -0.1) is 0 Å². The van der Waals surface area contributed by atoms with Gasteiger partial charge in [0, 0.05) is 6.54 Å². The fourth-order valence-electron chi connectivity index (χ4n) is 0.807. The van der Waals surface area contributed by atoms with Crippen molar-refractivity contribution in [2.45, 2.75) is 20.4 Å². The van der Waals surface area contributed by atoms with Gasteiger partial charge in [0.2, 0.25) is 0 Å². The van der Waals surface area contributed by atoms with Crippen LogP contribution in [0.25, 0.3) is 0 Å². The molecule has 0 atom stereocenters. The predicted molar refractivity (Wildman–Crippen MR) is 55.0 cm³/mol. The Balaban J connectivity index is 2.37. The van der Waals surface area contributed by atoms with Crippen molar-refractivity contribution in [3.8, 4) is 0 Å². The van der Waals surface area contributed by atoms with Gasteiger partial charge in [-0.2, -0.15) is 18.2 Å². The van der Waals surface area contributed by atoms with Crippen LogP contribution >= 0.6 is 0 Å². The highest BCUT2D eigenvalue weighted by atomic mass is 32.2. The molecule has 1 aromatic heterocycles. The lowest BCUT2D eigenvalue weighted by Gasteiger charge is -2.08. The molecule has 0 aliphatic carbocycles. The first-order chi connectivity index (χ1) is 6.99. The summed E-state index contributed by atoms with van der Waals surface area (Å²) in [6.45, 7) is 4.37. The molecule has 0 saturated carbocycles. The lowest BCUT2D eigenvalue weighted by atomic mass is 10.2. The molecule has 1 rings (SSSR count). The molecule has 15 heavy (non-hydrogen) atoms. The van der Waals surface area contributed by atoms with Crippen molar-refractivity contribution in [3.63, 3.8) is 0 Å². The Morgan fingerprint density at radius 3 is 2.73 bits per heavy atom. The van der Waals surface area contributed by atoms with E-state index in [0.717, 1.165) is 0 Å². The third-order valence-corrected chi connectivity index (χ3v) is 2.65. The lowest BCUT2D eigenvalue weighted by Crippen LogP contribution is -2.38. The molecule has 0 radical (unpaired) electrons. The van der Waals surface area contributed by atoms with Gasteiger partial charge in [-0.3, -0.25) is 5.10 Å². The van der Waals surface area contributed by atoms with E-state index < -0.39 is 10.2 Å². The minimum atomic E-state index is -3.44. The number of nitrogens with one attached hydrogen (secondary N) is 3. The van der Waals surface area contributed by atoms with E-state index in [-0.39, 0.29) is 12.5 Å². The summed E-state index contributed by atoms with van der Waals surface area (Å²) >= 11 is 0. The van der Waals surface area contributed by atoms with E-state index in [0.29, 0.717) is 12.4 Å². The monoisotopic (exact) mass is 233 g/mol. The summed E-state index contributed by atoms with van der Waals surface area (Å²) < 4.78 is 27.5.